The average molecular weight is 421 g/mol. The summed E-state index contributed by atoms with van der Waals surface area (Å²) in [5.74, 6) is 0.692. The Balaban J connectivity index is 1.67. The first-order valence-electron chi connectivity index (χ1n) is 10.8. The number of benzene rings is 2. The van der Waals surface area contributed by atoms with Gasteiger partial charge in [-0.1, -0.05) is 67.8 Å². The minimum atomic E-state index is 0.211. The van der Waals surface area contributed by atoms with E-state index in [1.807, 2.05) is 23.1 Å². The topological polar surface area (TPSA) is 25.2 Å². The van der Waals surface area contributed by atoms with Gasteiger partial charge in [0, 0.05) is 29.9 Å². The maximum atomic E-state index is 13.0. The van der Waals surface area contributed by atoms with Crippen LogP contribution in [0.15, 0.2) is 77.8 Å². The zero-order chi connectivity index (χ0) is 21.2. The quantitative estimate of drug-likeness (QED) is 0.274. The lowest BCUT2D eigenvalue weighted by Gasteiger charge is -2.24. The summed E-state index contributed by atoms with van der Waals surface area (Å²) < 4.78 is 2.26. The highest BCUT2D eigenvalue weighted by Crippen LogP contribution is 2.19. The van der Waals surface area contributed by atoms with Gasteiger partial charge in [-0.15, -0.1) is 11.8 Å². The molecule has 0 aliphatic carbocycles. The summed E-state index contributed by atoms with van der Waals surface area (Å²) in [5.41, 5.74) is 3.75. The number of carbonyl (C=O) groups excluding carboxylic acids is 1. The number of aromatic nitrogens is 1. The summed E-state index contributed by atoms with van der Waals surface area (Å²) >= 11 is 1.62. The van der Waals surface area contributed by atoms with Gasteiger partial charge in [0.05, 0.1) is 12.3 Å². The molecule has 1 aromatic heterocycles. The van der Waals surface area contributed by atoms with E-state index < -0.39 is 0 Å². The van der Waals surface area contributed by atoms with Crippen molar-refractivity contribution in [2.24, 2.45) is 0 Å². The molecule has 4 heteroatoms. The Bertz CT molecular complexity index is 920. The molecule has 0 fully saturated rings. The SMILES string of the molecule is CCCCCN(Cc1cccn1Cc1cccc(C)c1)C(=O)CSc1ccccc1. The first-order valence-corrected chi connectivity index (χ1v) is 11.8. The van der Waals surface area contributed by atoms with Crippen molar-refractivity contribution in [2.45, 2.75) is 51.1 Å². The third-order valence-corrected chi connectivity index (χ3v) is 6.20. The van der Waals surface area contributed by atoms with Gasteiger partial charge in [-0.2, -0.15) is 0 Å². The summed E-state index contributed by atoms with van der Waals surface area (Å²) in [5, 5.41) is 0. The fraction of sp³-hybridized carbons (Fsp3) is 0.346. The number of thioether (sulfide) groups is 1. The molecule has 0 bridgehead atoms. The van der Waals surface area contributed by atoms with E-state index in [4.69, 9.17) is 0 Å². The van der Waals surface area contributed by atoms with Crippen LogP contribution in [-0.2, 0) is 17.9 Å². The van der Waals surface area contributed by atoms with Crippen LogP contribution in [0.25, 0.3) is 0 Å². The van der Waals surface area contributed by atoms with Crippen LogP contribution in [0.4, 0.5) is 0 Å². The van der Waals surface area contributed by atoms with Gasteiger partial charge in [-0.25, -0.2) is 0 Å². The van der Waals surface area contributed by atoms with Crippen LogP contribution < -0.4 is 0 Å². The van der Waals surface area contributed by atoms with Gasteiger partial charge in [0.25, 0.3) is 0 Å². The third-order valence-electron chi connectivity index (χ3n) is 5.20. The van der Waals surface area contributed by atoms with Crippen molar-refractivity contribution in [3.05, 3.63) is 89.7 Å². The molecule has 3 nitrogen and oxygen atoms in total. The first-order chi connectivity index (χ1) is 14.7. The van der Waals surface area contributed by atoms with Crippen LogP contribution in [0.1, 0.15) is 43.0 Å². The van der Waals surface area contributed by atoms with Crippen molar-refractivity contribution in [1.82, 2.24) is 9.47 Å². The Kier molecular flexibility index (Phi) is 8.64. The minimum absolute atomic E-state index is 0.211. The summed E-state index contributed by atoms with van der Waals surface area (Å²) in [6, 6.07) is 23.0. The number of carbonyl (C=O) groups is 1. The predicted octanol–water partition coefficient (Wildman–Crippen LogP) is 6.16. The molecule has 0 saturated heterocycles. The second-order valence-electron chi connectivity index (χ2n) is 7.74. The molecule has 3 aromatic rings. The van der Waals surface area contributed by atoms with Gasteiger partial charge in [0.1, 0.15) is 0 Å². The maximum absolute atomic E-state index is 13.0. The summed E-state index contributed by atoms with van der Waals surface area (Å²) in [7, 11) is 0. The number of hydrogen-bond donors (Lipinski definition) is 0. The zero-order valence-electron chi connectivity index (χ0n) is 18.1. The largest absolute Gasteiger partial charge is 0.345 e. The summed E-state index contributed by atoms with van der Waals surface area (Å²) in [4.78, 5) is 16.2. The monoisotopic (exact) mass is 420 g/mol. The zero-order valence-corrected chi connectivity index (χ0v) is 18.9. The van der Waals surface area contributed by atoms with Gasteiger partial charge >= 0.3 is 0 Å². The van der Waals surface area contributed by atoms with Gasteiger partial charge < -0.3 is 9.47 Å². The van der Waals surface area contributed by atoms with Crippen molar-refractivity contribution in [3.63, 3.8) is 0 Å². The van der Waals surface area contributed by atoms with E-state index in [1.54, 1.807) is 11.8 Å². The van der Waals surface area contributed by atoms with Gasteiger partial charge in [0.15, 0.2) is 0 Å². The maximum Gasteiger partial charge on any atom is 0.233 e. The fourth-order valence-corrected chi connectivity index (χ4v) is 4.37. The van der Waals surface area contributed by atoms with Crippen LogP contribution >= 0.6 is 11.8 Å². The number of unbranched alkanes of at least 4 members (excludes halogenated alkanes) is 2. The molecule has 0 radical (unpaired) electrons. The van der Waals surface area contributed by atoms with Crippen LogP contribution in [0, 0.1) is 6.92 Å². The van der Waals surface area contributed by atoms with E-state index in [1.165, 1.54) is 16.8 Å². The summed E-state index contributed by atoms with van der Waals surface area (Å²) in [6.07, 6.45) is 5.48. The Morgan fingerprint density at radius 1 is 1.00 bits per heavy atom. The minimum Gasteiger partial charge on any atom is -0.345 e. The molecular weight excluding hydrogens is 388 g/mol. The van der Waals surface area contributed by atoms with Gasteiger partial charge in [0.2, 0.25) is 5.91 Å². The van der Waals surface area contributed by atoms with Crippen molar-refractivity contribution < 1.29 is 4.79 Å². The molecule has 158 valence electrons. The highest BCUT2D eigenvalue weighted by molar-refractivity contribution is 8.00. The van der Waals surface area contributed by atoms with Crippen molar-refractivity contribution in [3.8, 4) is 0 Å². The molecule has 0 aliphatic rings. The van der Waals surface area contributed by atoms with Crippen molar-refractivity contribution in [1.29, 1.82) is 0 Å². The van der Waals surface area contributed by atoms with E-state index in [0.29, 0.717) is 12.3 Å². The van der Waals surface area contributed by atoms with Crippen LogP contribution in [0.2, 0.25) is 0 Å². The fourth-order valence-electron chi connectivity index (χ4n) is 3.55. The number of amides is 1. The number of aryl methyl sites for hydroxylation is 1. The smallest absolute Gasteiger partial charge is 0.233 e. The Morgan fingerprint density at radius 3 is 2.60 bits per heavy atom. The Labute approximate surface area is 185 Å². The lowest BCUT2D eigenvalue weighted by molar-refractivity contribution is -0.129. The summed E-state index contributed by atoms with van der Waals surface area (Å²) in [6.45, 7) is 6.64. The molecule has 0 N–H and O–H groups in total. The number of rotatable bonds is 11. The third kappa shape index (κ3) is 6.81. The molecule has 1 heterocycles. The molecule has 0 saturated carbocycles. The molecular formula is C26H32N2OS. The lowest BCUT2D eigenvalue weighted by Crippen LogP contribution is -2.33. The average Bonchev–Trinajstić information content (AvgIpc) is 3.18. The standard InChI is InChI=1S/C26H32N2OS/c1-3-4-8-16-28(26(29)21-30-25-14-6-5-7-15-25)20-24-13-10-17-27(24)19-23-12-9-11-22(2)18-23/h5-7,9-15,17-18H,3-4,8,16,19-21H2,1-2H3. The molecule has 0 aliphatic heterocycles. The normalized spacial score (nSPS) is 10.9. The van der Waals surface area contributed by atoms with Crippen molar-refractivity contribution >= 4 is 17.7 Å². The predicted molar refractivity (Wildman–Crippen MR) is 127 cm³/mol. The molecule has 1 amide bonds. The molecule has 3 rings (SSSR count). The second-order valence-corrected chi connectivity index (χ2v) is 8.79. The lowest BCUT2D eigenvalue weighted by atomic mass is 10.1. The molecule has 2 aromatic carbocycles. The number of hydrogen-bond acceptors (Lipinski definition) is 2. The Morgan fingerprint density at radius 2 is 1.83 bits per heavy atom. The van der Waals surface area contributed by atoms with Gasteiger partial charge in [-0.05, 0) is 43.2 Å². The van der Waals surface area contributed by atoms with Crippen LogP contribution in [0.3, 0.4) is 0 Å². The first kappa shape index (κ1) is 22.2. The highest BCUT2D eigenvalue weighted by atomic mass is 32.2. The highest BCUT2D eigenvalue weighted by Gasteiger charge is 2.16. The molecule has 30 heavy (non-hydrogen) atoms. The Hall–Kier alpha value is -2.46. The van der Waals surface area contributed by atoms with E-state index in [0.717, 1.165) is 37.2 Å². The molecule has 0 spiro atoms. The van der Waals surface area contributed by atoms with E-state index in [2.05, 4.69) is 73.1 Å². The molecule has 0 unspecified atom stereocenters. The van der Waals surface area contributed by atoms with Crippen molar-refractivity contribution in [2.75, 3.05) is 12.3 Å². The van der Waals surface area contributed by atoms with E-state index in [9.17, 15) is 4.79 Å². The second kappa shape index (κ2) is 11.7. The molecule has 0 atom stereocenters. The van der Waals surface area contributed by atoms with Crippen LogP contribution in [-0.4, -0.2) is 27.7 Å². The number of nitrogens with zero attached hydrogens (tertiary/aromatic N) is 2. The van der Waals surface area contributed by atoms with E-state index in [-0.39, 0.29) is 5.91 Å². The van der Waals surface area contributed by atoms with Gasteiger partial charge in [-0.3, -0.25) is 4.79 Å². The van der Waals surface area contributed by atoms with Crippen LogP contribution in [0.5, 0.6) is 0 Å². The van der Waals surface area contributed by atoms with E-state index >= 15 is 0 Å².